The zero-order valence-electron chi connectivity index (χ0n) is 13.1. The van der Waals surface area contributed by atoms with Crippen molar-refractivity contribution in [2.45, 2.75) is 40.7 Å². The fraction of sp³-hybridized carbons (Fsp3) is 0.562. The first-order valence-corrected chi connectivity index (χ1v) is 7.20. The summed E-state index contributed by atoms with van der Waals surface area (Å²) < 4.78 is 5.05. The Kier molecular flexibility index (Phi) is 5.86. The minimum atomic E-state index is -0.361. The lowest BCUT2D eigenvalue weighted by Gasteiger charge is -2.31. The fourth-order valence-corrected chi connectivity index (χ4v) is 2.12. The average Bonchev–Trinajstić information content (AvgIpc) is 2.36. The van der Waals surface area contributed by atoms with Gasteiger partial charge in [0.15, 0.2) is 0 Å². The molecule has 1 aromatic carbocycles. The molecule has 0 saturated carbocycles. The smallest absolute Gasteiger partial charge is 0.340 e. The van der Waals surface area contributed by atoms with E-state index < -0.39 is 0 Å². The average molecular weight is 278 g/mol. The molecule has 0 radical (unpaired) electrons. The van der Waals surface area contributed by atoms with Crippen molar-refractivity contribution in [1.29, 1.82) is 0 Å². The second kappa shape index (κ2) is 7.17. The second-order valence-electron chi connectivity index (χ2n) is 5.63. The van der Waals surface area contributed by atoms with Crippen LogP contribution in [0.25, 0.3) is 0 Å². The number of hydrogen-bond acceptors (Lipinski definition) is 4. The standard InChI is InChI=1S/C16H26N2O2/c1-6-20-16(19)14-9-13(7-8-15(14)17)18(12(4)5)10-11(2)3/h7-9,11-12H,6,10,17H2,1-5H3. The van der Waals surface area contributed by atoms with Crippen molar-refractivity contribution in [2.75, 3.05) is 23.8 Å². The molecule has 0 aromatic heterocycles. The highest BCUT2D eigenvalue weighted by atomic mass is 16.5. The number of rotatable bonds is 6. The predicted molar refractivity (Wildman–Crippen MR) is 84.1 cm³/mol. The molecule has 0 atom stereocenters. The molecule has 20 heavy (non-hydrogen) atoms. The lowest BCUT2D eigenvalue weighted by Crippen LogP contribution is -2.34. The van der Waals surface area contributed by atoms with Gasteiger partial charge in [-0.2, -0.15) is 0 Å². The molecule has 0 heterocycles. The van der Waals surface area contributed by atoms with Crippen LogP contribution in [0.1, 0.15) is 45.0 Å². The van der Waals surface area contributed by atoms with Gasteiger partial charge in [0, 0.05) is 24.0 Å². The Labute approximate surface area is 121 Å². The van der Waals surface area contributed by atoms with Crippen molar-refractivity contribution in [1.82, 2.24) is 0 Å². The molecule has 0 fully saturated rings. The van der Waals surface area contributed by atoms with Gasteiger partial charge in [-0.1, -0.05) is 13.8 Å². The van der Waals surface area contributed by atoms with Crippen LogP contribution in [0, 0.1) is 5.92 Å². The quantitative estimate of drug-likeness (QED) is 0.640. The molecule has 0 spiro atoms. The van der Waals surface area contributed by atoms with Crippen molar-refractivity contribution < 1.29 is 9.53 Å². The van der Waals surface area contributed by atoms with Crippen LogP contribution in [0.5, 0.6) is 0 Å². The molecular formula is C16H26N2O2. The van der Waals surface area contributed by atoms with E-state index in [1.807, 2.05) is 12.1 Å². The van der Waals surface area contributed by atoms with E-state index in [0.717, 1.165) is 12.2 Å². The largest absolute Gasteiger partial charge is 0.462 e. The van der Waals surface area contributed by atoms with E-state index in [1.165, 1.54) is 0 Å². The second-order valence-corrected chi connectivity index (χ2v) is 5.63. The molecule has 112 valence electrons. The summed E-state index contributed by atoms with van der Waals surface area (Å²) in [6.45, 7) is 11.7. The summed E-state index contributed by atoms with van der Waals surface area (Å²) in [4.78, 5) is 14.2. The molecule has 4 nitrogen and oxygen atoms in total. The van der Waals surface area contributed by atoms with Gasteiger partial charge in [0.25, 0.3) is 0 Å². The molecule has 1 aromatic rings. The first kappa shape index (κ1) is 16.3. The van der Waals surface area contributed by atoms with Crippen molar-refractivity contribution >= 4 is 17.3 Å². The number of nitrogens with zero attached hydrogens (tertiary/aromatic N) is 1. The van der Waals surface area contributed by atoms with Crippen LogP contribution in [0.2, 0.25) is 0 Å². The van der Waals surface area contributed by atoms with Crippen LogP contribution in [0.4, 0.5) is 11.4 Å². The SMILES string of the molecule is CCOC(=O)c1cc(N(CC(C)C)C(C)C)ccc1N. The Morgan fingerprint density at radius 2 is 1.95 bits per heavy atom. The predicted octanol–water partition coefficient (Wildman–Crippen LogP) is 3.32. The maximum Gasteiger partial charge on any atom is 0.340 e. The van der Waals surface area contributed by atoms with Crippen LogP contribution in [0.15, 0.2) is 18.2 Å². The normalized spacial score (nSPS) is 10.9. The van der Waals surface area contributed by atoms with Crippen LogP contribution in [0.3, 0.4) is 0 Å². The Balaban J connectivity index is 3.11. The van der Waals surface area contributed by atoms with Crippen LogP contribution in [-0.2, 0) is 4.74 Å². The summed E-state index contributed by atoms with van der Waals surface area (Å²) in [5.41, 5.74) is 7.79. The molecule has 0 aliphatic rings. The minimum absolute atomic E-state index is 0.350. The van der Waals surface area contributed by atoms with E-state index >= 15 is 0 Å². The number of anilines is 2. The molecule has 0 bridgehead atoms. The Bertz CT molecular complexity index is 456. The van der Waals surface area contributed by atoms with E-state index in [0.29, 0.717) is 29.8 Å². The van der Waals surface area contributed by atoms with Crippen molar-refractivity contribution in [3.8, 4) is 0 Å². The number of nitrogens with two attached hydrogens (primary N) is 1. The summed E-state index contributed by atoms with van der Waals surface area (Å²) >= 11 is 0. The zero-order valence-corrected chi connectivity index (χ0v) is 13.1. The van der Waals surface area contributed by atoms with E-state index in [2.05, 4.69) is 32.6 Å². The highest BCUT2D eigenvalue weighted by Gasteiger charge is 2.17. The van der Waals surface area contributed by atoms with Crippen molar-refractivity contribution in [3.63, 3.8) is 0 Å². The number of ether oxygens (including phenoxy) is 1. The molecule has 4 heteroatoms. The van der Waals surface area contributed by atoms with Gasteiger partial charge in [-0.25, -0.2) is 4.79 Å². The molecular weight excluding hydrogens is 252 g/mol. The van der Waals surface area contributed by atoms with Crippen LogP contribution >= 0.6 is 0 Å². The highest BCUT2D eigenvalue weighted by molar-refractivity contribution is 5.96. The van der Waals surface area contributed by atoms with Crippen molar-refractivity contribution in [2.24, 2.45) is 5.92 Å². The Morgan fingerprint density at radius 1 is 1.30 bits per heavy atom. The Hall–Kier alpha value is -1.71. The van der Waals surface area contributed by atoms with Gasteiger partial charge in [-0.05, 0) is 44.9 Å². The number of benzene rings is 1. The summed E-state index contributed by atoms with van der Waals surface area (Å²) in [5, 5.41) is 0. The molecule has 0 amide bonds. The first-order chi connectivity index (χ1) is 9.36. The van der Waals surface area contributed by atoms with Gasteiger partial charge in [0.1, 0.15) is 0 Å². The summed E-state index contributed by atoms with van der Waals surface area (Å²) in [5.74, 6) is 0.182. The van der Waals surface area contributed by atoms with E-state index in [-0.39, 0.29) is 5.97 Å². The topological polar surface area (TPSA) is 55.6 Å². The number of hydrogen-bond donors (Lipinski definition) is 1. The van der Waals surface area contributed by atoms with E-state index in [1.54, 1.807) is 13.0 Å². The van der Waals surface area contributed by atoms with Crippen molar-refractivity contribution in [3.05, 3.63) is 23.8 Å². The van der Waals surface area contributed by atoms with Gasteiger partial charge in [0.05, 0.1) is 12.2 Å². The third-order valence-corrected chi connectivity index (χ3v) is 3.05. The number of carbonyl (C=O) groups is 1. The molecule has 0 saturated heterocycles. The molecule has 2 N–H and O–H groups in total. The van der Waals surface area contributed by atoms with Gasteiger partial charge in [-0.3, -0.25) is 0 Å². The fourth-order valence-electron chi connectivity index (χ4n) is 2.12. The summed E-state index contributed by atoms with van der Waals surface area (Å²) in [7, 11) is 0. The number of nitrogen functional groups attached to an aromatic ring is 1. The van der Waals surface area contributed by atoms with Crippen LogP contribution < -0.4 is 10.6 Å². The van der Waals surface area contributed by atoms with Crippen LogP contribution in [-0.4, -0.2) is 25.2 Å². The zero-order chi connectivity index (χ0) is 15.3. The van der Waals surface area contributed by atoms with Gasteiger partial charge in [0.2, 0.25) is 0 Å². The summed E-state index contributed by atoms with van der Waals surface area (Å²) in [6.07, 6.45) is 0. The third-order valence-electron chi connectivity index (χ3n) is 3.05. The van der Waals surface area contributed by atoms with Gasteiger partial charge in [-0.15, -0.1) is 0 Å². The molecule has 0 aliphatic heterocycles. The highest BCUT2D eigenvalue weighted by Crippen LogP contribution is 2.24. The maximum absolute atomic E-state index is 11.9. The van der Waals surface area contributed by atoms with Gasteiger partial charge < -0.3 is 15.4 Å². The maximum atomic E-state index is 11.9. The van der Waals surface area contributed by atoms with E-state index in [4.69, 9.17) is 10.5 Å². The monoisotopic (exact) mass is 278 g/mol. The lowest BCUT2D eigenvalue weighted by atomic mass is 10.1. The van der Waals surface area contributed by atoms with Gasteiger partial charge >= 0.3 is 5.97 Å². The van der Waals surface area contributed by atoms with E-state index in [9.17, 15) is 4.79 Å². The third kappa shape index (κ3) is 4.15. The first-order valence-electron chi connectivity index (χ1n) is 7.20. The molecule has 0 aliphatic carbocycles. The molecule has 0 unspecified atom stereocenters. The number of carbonyl (C=O) groups excluding carboxylic acids is 1. The number of esters is 1. The molecule has 1 rings (SSSR count). The Morgan fingerprint density at radius 3 is 2.45 bits per heavy atom. The lowest BCUT2D eigenvalue weighted by molar-refractivity contribution is 0.0527. The minimum Gasteiger partial charge on any atom is -0.462 e. The summed E-state index contributed by atoms with van der Waals surface area (Å²) in [6, 6.07) is 5.92.